The van der Waals surface area contributed by atoms with Gasteiger partial charge in [0.25, 0.3) is 5.91 Å². The Hall–Kier alpha value is -3.62. The summed E-state index contributed by atoms with van der Waals surface area (Å²) >= 11 is 9.53. The maximum atomic E-state index is 13.7. The van der Waals surface area contributed by atoms with E-state index in [1.54, 1.807) is 60.9 Å². The first-order valence-corrected chi connectivity index (χ1v) is 11.3. The fourth-order valence-corrected chi connectivity index (χ4v) is 4.53. The highest BCUT2D eigenvalue weighted by atomic mass is 79.9. The van der Waals surface area contributed by atoms with E-state index in [1.807, 2.05) is 0 Å². The normalized spacial score (nSPS) is 15.9. The van der Waals surface area contributed by atoms with Crippen molar-refractivity contribution < 1.29 is 23.8 Å². The Kier molecular flexibility index (Phi) is 5.63. The summed E-state index contributed by atoms with van der Waals surface area (Å²) in [6, 6.07) is 14.2. The maximum absolute atomic E-state index is 13.7. The lowest BCUT2D eigenvalue weighted by molar-refractivity contribution is -0.117. The van der Waals surface area contributed by atoms with E-state index < -0.39 is 23.5 Å². The van der Waals surface area contributed by atoms with Crippen LogP contribution < -0.4 is 9.64 Å². The first-order valence-electron chi connectivity index (χ1n) is 10.1. The molecular formula is C25H16BrClN2O5. The number of pyridine rings is 1. The van der Waals surface area contributed by atoms with Crippen molar-refractivity contribution in [3.05, 3.63) is 99.1 Å². The number of Topliss-reactive ketones (excluding diaryl/α,β-unsaturated/α-hetero) is 1. The van der Waals surface area contributed by atoms with E-state index in [4.69, 9.17) is 20.8 Å². The molecule has 4 aromatic rings. The molecule has 2 aromatic carbocycles. The van der Waals surface area contributed by atoms with Crippen molar-refractivity contribution in [2.45, 2.75) is 6.04 Å². The molecule has 1 unspecified atom stereocenters. The third kappa shape index (κ3) is 3.65. The van der Waals surface area contributed by atoms with Crippen molar-refractivity contribution in [2.24, 2.45) is 0 Å². The minimum Gasteiger partial charge on any atom is -0.503 e. The number of aliphatic hydroxyl groups is 1. The molecule has 1 amide bonds. The number of fused-ring (bicyclic) bond motifs is 1. The number of benzene rings is 2. The Morgan fingerprint density at radius 2 is 1.85 bits per heavy atom. The third-order valence-electron chi connectivity index (χ3n) is 5.57. The Labute approximate surface area is 207 Å². The number of carbonyl (C=O) groups excluding carboxylic acids is 2. The van der Waals surface area contributed by atoms with Gasteiger partial charge in [-0.2, -0.15) is 0 Å². The average Bonchev–Trinajstić information content (AvgIpc) is 3.38. The number of nitrogens with zero attached hydrogens (tertiary/aromatic N) is 2. The van der Waals surface area contributed by atoms with Crippen LogP contribution in [0.15, 0.2) is 87.2 Å². The average molecular weight is 540 g/mol. The molecule has 0 saturated carbocycles. The number of ketones is 1. The second-order valence-electron chi connectivity index (χ2n) is 7.56. The maximum Gasteiger partial charge on any atom is 0.294 e. The largest absolute Gasteiger partial charge is 0.503 e. The zero-order chi connectivity index (χ0) is 24.0. The molecule has 34 heavy (non-hydrogen) atoms. The van der Waals surface area contributed by atoms with Crippen LogP contribution in [0.3, 0.4) is 0 Å². The first kappa shape index (κ1) is 22.2. The van der Waals surface area contributed by atoms with Crippen LogP contribution >= 0.6 is 27.5 Å². The van der Waals surface area contributed by atoms with E-state index in [0.29, 0.717) is 33.0 Å². The highest BCUT2D eigenvalue weighted by molar-refractivity contribution is 9.10. The minimum atomic E-state index is -0.886. The monoisotopic (exact) mass is 538 g/mol. The number of anilines is 1. The summed E-state index contributed by atoms with van der Waals surface area (Å²) in [5, 5.41) is 11.9. The molecule has 2 aromatic heterocycles. The molecule has 170 valence electrons. The van der Waals surface area contributed by atoms with Crippen LogP contribution in [0.4, 0.5) is 5.69 Å². The van der Waals surface area contributed by atoms with Crippen LogP contribution in [0.1, 0.15) is 22.2 Å². The standard InChI is InChI=1S/C25H16BrClN2O5/c1-33-19-12-16(27)10-14-11-18(34-24(14)19)22(30)20-21(13-6-8-28-9-7-13)29(25(32)23(20)31)17-4-2-15(26)3-5-17/h2-12,21,31H,1H3. The Balaban J connectivity index is 1.65. The Morgan fingerprint density at radius 1 is 1.15 bits per heavy atom. The number of carbonyl (C=O) groups is 2. The Morgan fingerprint density at radius 3 is 2.53 bits per heavy atom. The van der Waals surface area contributed by atoms with Gasteiger partial charge in [-0.3, -0.25) is 19.5 Å². The van der Waals surface area contributed by atoms with Crippen molar-refractivity contribution in [2.75, 3.05) is 12.0 Å². The lowest BCUT2D eigenvalue weighted by Crippen LogP contribution is -2.31. The molecule has 0 bridgehead atoms. The highest BCUT2D eigenvalue weighted by Gasteiger charge is 2.45. The quantitative estimate of drug-likeness (QED) is 0.311. The summed E-state index contributed by atoms with van der Waals surface area (Å²) in [6.07, 6.45) is 3.12. The molecule has 0 spiro atoms. The van der Waals surface area contributed by atoms with E-state index in [1.165, 1.54) is 18.1 Å². The smallest absolute Gasteiger partial charge is 0.294 e. The molecule has 0 aliphatic carbocycles. The number of methoxy groups -OCH3 is 1. The molecule has 0 radical (unpaired) electrons. The lowest BCUT2D eigenvalue weighted by Gasteiger charge is -2.26. The number of hydrogen-bond donors (Lipinski definition) is 1. The van der Waals surface area contributed by atoms with Gasteiger partial charge in [-0.1, -0.05) is 27.5 Å². The number of rotatable bonds is 5. The van der Waals surface area contributed by atoms with E-state index >= 15 is 0 Å². The number of ether oxygens (including phenoxy) is 1. The van der Waals surface area contributed by atoms with Crippen molar-refractivity contribution in [1.29, 1.82) is 0 Å². The van der Waals surface area contributed by atoms with Gasteiger partial charge < -0.3 is 14.3 Å². The first-order chi connectivity index (χ1) is 16.4. The summed E-state index contributed by atoms with van der Waals surface area (Å²) in [7, 11) is 1.47. The molecule has 7 nitrogen and oxygen atoms in total. The van der Waals surface area contributed by atoms with Crippen molar-refractivity contribution in [1.82, 2.24) is 4.98 Å². The van der Waals surface area contributed by atoms with Crippen molar-refractivity contribution in [3.63, 3.8) is 0 Å². The number of aliphatic hydroxyl groups excluding tert-OH is 1. The van der Waals surface area contributed by atoms with Gasteiger partial charge in [0.15, 0.2) is 22.9 Å². The van der Waals surface area contributed by atoms with Gasteiger partial charge in [0.05, 0.1) is 18.7 Å². The minimum absolute atomic E-state index is 0.0540. The second-order valence-corrected chi connectivity index (χ2v) is 8.92. The number of hydrogen-bond acceptors (Lipinski definition) is 6. The van der Waals surface area contributed by atoms with Crippen molar-refractivity contribution >= 4 is 55.9 Å². The summed E-state index contributed by atoms with van der Waals surface area (Å²) in [6.45, 7) is 0. The van der Waals surface area contributed by atoms with Crippen LogP contribution in [0.2, 0.25) is 5.02 Å². The highest BCUT2D eigenvalue weighted by Crippen LogP contribution is 2.43. The van der Waals surface area contributed by atoms with Crippen LogP contribution in [0.5, 0.6) is 5.75 Å². The van der Waals surface area contributed by atoms with Crippen LogP contribution in [0, 0.1) is 0 Å². The zero-order valence-corrected chi connectivity index (χ0v) is 20.0. The van der Waals surface area contributed by atoms with Crippen LogP contribution in [-0.4, -0.2) is 28.9 Å². The molecule has 5 rings (SSSR count). The van der Waals surface area contributed by atoms with E-state index in [2.05, 4.69) is 20.9 Å². The van der Waals surface area contributed by atoms with Gasteiger partial charge >= 0.3 is 0 Å². The molecule has 9 heteroatoms. The van der Waals surface area contributed by atoms with E-state index in [0.717, 1.165) is 4.47 Å². The fourth-order valence-electron chi connectivity index (χ4n) is 4.05. The van der Waals surface area contributed by atoms with E-state index in [-0.39, 0.29) is 11.3 Å². The molecule has 0 saturated heterocycles. The van der Waals surface area contributed by atoms with Gasteiger partial charge in [-0.25, -0.2) is 0 Å². The van der Waals surface area contributed by atoms with Gasteiger partial charge in [-0.15, -0.1) is 0 Å². The van der Waals surface area contributed by atoms with Gasteiger partial charge in [0.1, 0.15) is 0 Å². The predicted octanol–water partition coefficient (Wildman–Crippen LogP) is 6.04. The summed E-state index contributed by atoms with van der Waals surface area (Å²) in [4.78, 5) is 32.3. The SMILES string of the molecule is COc1cc(Cl)cc2cc(C(=O)C3=C(O)C(=O)N(c4ccc(Br)cc4)C3c3ccncc3)oc12. The van der Waals surface area contributed by atoms with Crippen LogP contribution in [-0.2, 0) is 4.79 Å². The summed E-state index contributed by atoms with van der Waals surface area (Å²) < 4.78 is 12.0. The van der Waals surface area contributed by atoms with E-state index in [9.17, 15) is 14.7 Å². The number of amides is 1. The predicted molar refractivity (Wildman–Crippen MR) is 130 cm³/mol. The van der Waals surface area contributed by atoms with Crippen molar-refractivity contribution in [3.8, 4) is 5.75 Å². The topological polar surface area (TPSA) is 92.9 Å². The number of furan rings is 1. The lowest BCUT2D eigenvalue weighted by atomic mass is 9.95. The molecule has 1 N–H and O–H groups in total. The molecule has 0 fully saturated rings. The number of halogens is 2. The zero-order valence-electron chi connectivity index (χ0n) is 17.7. The molecule has 1 aliphatic rings. The second kappa shape index (κ2) is 8.62. The molecule has 1 aliphatic heterocycles. The molecule has 3 heterocycles. The fraction of sp³-hybridized carbons (Fsp3) is 0.0800. The third-order valence-corrected chi connectivity index (χ3v) is 6.32. The Bertz CT molecular complexity index is 1460. The van der Waals surface area contributed by atoms with Crippen LogP contribution in [0.25, 0.3) is 11.0 Å². The van der Waals surface area contributed by atoms with Gasteiger partial charge in [0, 0.05) is 39.0 Å². The number of aromatic nitrogens is 1. The molecule has 1 atom stereocenters. The van der Waals surface area contributed by atoms with Gasteiger partial charge in [-0.05, 0) is 54.1 Å². The van der Waals surface area contributed by atoms with Gasteiger partial charge in [0.2, 0.25) is 5.78 Å². The molecular weight excluding hydrogens is 524 g/mol. The summed E-state index contributed by atoms with van der Waals surface area (Å²) in [5.41, 5.74) is 1.37. The summed E-state index contributed by atoms with van der Waals surface area (Å²) in [5.74, 6) is -1.64.